The molecule has 1 aliphatic rings. The first kappa shape index (κ1) is 16.8. The lowest BCUT2D eigenvalue weighted by Gasteiger charge is -2.30. The Morgan fingerprint density at radius 1 is 1.42 bits per heavy atom. The number of aromatic nitrogens is 2. The molecule has 1 N–H and O–H groups in total. The van der Waals surface area contributed by atoms with E-state index < -0.39 is 0 Å². The zero-order valence-electron chi connectivity index (χ0n) is 13.9. The molecule has 0 spiro atoms. The third-order valence-electron chi connectivity index (χ3n) is 4.37. The van der Waals surface area contributed by atoms with Gasteiger partial charge in [-0.25, -0.2) is 9.78 Å². The molecule has 1 unspecified atom stereocenters. The van der Waals surface area contributed by atoms with Gasteiger partial charge in [0.25, 0.3) is 0 Å². The van der Waals surface area contributed by atoms with Crippen molar-refractivity contribution in [1.29, 1.82) is 0 Å². The van der Waals surface area contributed by atoms with Crippen LogP contribution in [0.3, 0.4) is 0 Å². The van der Waals surface area contributed by atoms with Crippen LogP contribution in [0, 0.1) is 0 Å². The van der Waals surface area contributed by atoms with Crippen LogP contribution in [0.15, 0.2) is 43.0 Å². The van der Waals surface area contributed by atoms with E-state index in [0.29, 0.717) is 17.6 Å². The van der Waals surface area contributed by atoms with Crippen LogP contribution in [0.2, 0.25) is 5.02 Å². The van der Waals surface area contributed by atoms with Gasteiger partial charge >= 0.3 is 6.03 Å². The number of amides is 2. The molecule has 3 rings (SSSR count). The lowest BCUT2D eigenvalue weighted by molar-refractivity contribution is 0.175. The topological polar surface area (TPSA) is 50.2 Å². The Balaban J connectivity index is 1.54. The third-order valence-corrected chi connectivity index (χ3v) is 4.62. The monoisotopic (exact) mass is 346 g/mol. The number of carbonyl (C=O) groups excluding carboxylic acids is 1. The van der Waals surface area contributed by atoms with E-state index in [0.717, 1.165) is 31.4 Å². The van der Waals surface area contributed by atoms with Gasteiger partial charge in [-0.2, -0.15) is 0 Å². The van der Waals surface area contributed by atoms with Gasteiger partial charge in [-0.1, -0.05) is 23.7 Å². The number of nitrogens with zero attached hydrogens (tertiary/aromatic N) is 3. The fourth-order valence-electron chi connectivity index (χ4n) is 2.88. The van der Waals surface area contributed by atoms with E-state index in [9.17, 15) is 4.79 Å². The van der Waals surface area contributed by atoms with Gasteiger partial charge in [0.1, 0.15) is 0 Å². The molecule has 6 heteroatoms. The normalized spacial score (nSPS) is 15.1. The van der Waals surface area contributed by atoms with Gasteiger partial charge in [-0.3, -0.25) is 0 Å². The van der Waals surface area contributed by atoms with Crippen LogP contribution >= 0.6 is 11.6 Å². The van der Waals surface area contributed by atoms with Crippen LogP contribution in [0.1, 0.15) is 37.8 Å². The molecule has 128 valence electrons. The molecule has 1 aliphatic carbocycles. The van der Waals surface area contributed by atoms with Gasteiger partial charge in [0.2, 0.25) is 0 Å². The van der Waals surface area contributed by atoms with Crippen LogP contribution in [0.25, 0.3) is 0 Å². The summed E-state index contributed by atoms with van der Waals surface area (Å²) in [6.45, 7) is 3.59. The second-order valence-corrected chi connectivity index (χ2v) is 6.69. The molecule has 1 heterocycles. The van der Waals surface area contributed by atoms with E-state index in [2.05, 4.69) is 17.2 Å². The average molecular weight is 347 g/mol. The van der Waals surface area contributed by atoms with Gasteiger partial charge in [0, 0.05) is 36.5 Å². The maximum atomic E-state index is 12.6. The maximum Gasteiger partial charge on any atom is 0.318 e. The molecular weight excluding hydrogens is 324 g/mol. The number of nitrogens with one attached hydrogen (secondary N) is 1. The summed E-state index contributed by atoms with van der Waals surface area (Å²) in [6, 6.07) is 8.16. The lowest BCUT2D eigenvalue weighted by Crippen LogP contribution is -2.43. The summed E-state index contributed by atoms with van der Waals surface area (Å²) in [5.74, 6) is 0. The van der Waals surface area contributed by atoms with Crippen molar-refractivity contribution in [2.24, 2.45) is 0 Å². The largest absolute Gasteiger partial charge is 0.338 e. The fraction of sp³-hybridized carbons (Fsp3) is 0.444. The van der Waals surface area contributed by atoms with Crippen molar-refractivity contribution in [3.05, 3.63) is 53.6 Å². The zero-order valence-corrected chi connectivity index (χ0v) is 14.6. The van der Waals surface area contributed by atoms with Crippen molar-refractivity contribution in [1.82, 2.24) is 19.8 Å². The van der Waals surface area contributed by atoms with Crippen LogP contribution in [0.4, 0.5) is 4.79 Å². The predicted molar refractivity (Wildman–Crippen MR) is 95.0 cm³/mol. The smallest absolute Gasteiger partial charge is 0.318 e. The van der Waals surface area contributed by atoms with E-state index in [1.54, 1.807) is 12.5 Å². The molecule has 1 saturated carbocycles. The van der Waals surface area contributed by atoms with Crippen molar-refractivity contribution < 1.29 is 4.79 Å². The van der Waals surface area contributed by atoms with Crippen LogP contribution in [0.5, 0.6) is 0 Å². The third kappa shape index (κ3) is 4.29. The van der Waals surface area contributed by atoms with E-state index in [1.807, 2.05) is 39.9 Å². The minimum atomic E-state index is 0.0191. The van der Waals surface area contributed by atoms with Gasteiger partial charge in [-0.15, -0.1) is 0 Å². The summed E-state index contributed by atoms with van der Waals surface area (Å²) < 4.78 is 2.02. The highest BCUT2D eigenvalue weighted by atomic mass is 35.5. The summed E-state index contributed by atoms with van der Waals surface area (Å²) in [4.78, 5) is 18.6. The first-order valence-electron chi connectivity index (χ1n) is 8.42. The van der Waals surface area contributed by atoms with Crippen molar-refractivity contribution in [2.45, 2.75) is 44.8 Å². The Bertz CT molecular complexity index is 652. The number of hydrogen-bond acceptors (Lipinski definition) is 2. The minimum Gasteiger partial charge on any atom is -0.338 e. The highest BCUT2D eigenvalue weighted by molar-refractivity contribution is 6.30. The molecule has 5 nitrogen and oxygen atoms in total. The van der Waals surface area contributed by atoms with E-state index in [4.69, 9.17) is 11.6 Å². The molecule has 2 amide bonds. The van der Waals surface area contributed by atoms with Crippen molar-refractivity contribution in [3.8, 4) is 0 Å². The number of aryl methyl sites for hydroxylation is 1. The fourth-order valence-corrected chi connectivity index (χ4v) is 3.01. The molecular formula is C18H23ClN4O. The molecule has 2 aromatic rings. The number of carbonyl (C=O) groups is 1. The highest BCUT2D eigenvalue weighted by Gasteiger charge is 2.36. The molecule has 0 saturated heterocycles. The van der Waals surface area contributed by atoms with Gasteiger partial charge in [-0.05, 0) is 43.9 Å². The lowest BCUT2D eigenvalue weighted by atomic mass is 10.1. The second-order valence-electron chi connectivity index (χ2n) is 6.25. The molecule has 1 aromatic heterocycles. The van der Waals surface area contributed by atoms with Crippen molar-refractivity contribution >= 4 is 17.6 Å². The zero-order chi connectivity index (χ0) is 16.9. The first-order chi connectivity index (χ1) is 11.6. The summed E-state index contributed by atoms with van der Waals surface area (Å²) in [6.07, 6.45) is 8.54. The Morgan fingerprint density at radius 2 is 2.17 bits per heavy atom. The molecule has 24 heavy (non-hydrogen) atoms. The summed E-state index contributed by atoms with van der Waals surface area (Å²) in [5, 5.41) is 3.77. The predicted octanol–water partition coefficient (Wildman–Crippen LogP) is 3.86. The highest BCUT2D eigenvalue weighted by Crippen LogP contribution is 2.34. The van der Waals surface area contributed by atoms with Crippen LogP contribution < -0.4 is 5.32 Å². The number of halogens is 1. The number of hydrogen-bond donors (Lipinski definition) is 1. The first-order valence-corrected chi connectivity index (χ1v) is 8.80. The Morgan fingerprint density at radius 3 is 2.79 bits per heavy atom. The maximum absolute atomic E-state index is 12.6. The van der Waals surface area contributed by atoms with Crippen LogP contribution in [-0.2, 0) is 6.54 Å². The second kappa shape index (κ2) is 7.71. The van der Waals surface area contributed by atoms with E-state index >= 15 is 0 Å². The Hall–Kier alpha value is -2.01. The summed E-state index contributed by atoms with van der Waals surface area (Å²) in [5.41, 5.74) is 1.11. The summed E-state index contributed by atoms with van der Waals surface area (Å²) in [7, 11) is 0. The van der Waals surface area contributed by atoms with E-state index in [-0.39, 0.29) is 12.1 Å². The number of urea groups is 1. The molecule has 1 fully saturated rings. The van der Waals surface area contributed by atoms with Crippen molar-refractivity contribution in [3.63, 3.8) is 0 Å². The molecule has 1 aromatic carbocycles. The van der Waals surface area contributed by atoms with Crippen molar-refractivity contribution in [2.75, 3.05) is 6.54 Å². The SMILES string of the molecule is CC(c1ccc(Cl)cc1)N(C(=O)NCCCn1ccnc1)C1CC1. The Kier molecular flexibility index (Phi) is 5.41. The summed E-state index contributed by atoms with van der Waals surface area (Å²) >= 11 is 5.96. The number of benzene rings is 1. The quantitative estimate of drug-likeness (QED) is 0.774. The number of rotatable bonds is 7. The van der Waals surface area contributed by atoms with Gasteiger partial charge in [0.05, 0.1) is 12.4 Å². The number of imidazole rings is 1. The van der Waals surface area contributed by atoms with Crippen LogP contribution in [-0.4, -0.2) is 33.1 Å². The molecule has 0 aliphatic heterocycles. The van der Waals surface area contributed by atoms with E-state index in [1.165, 1.54) is 0 Å². The molecule has 0 radical (unpaired) electrons. The molecule has 1 atom stereocenters. The average Bonchev–Trinajstić information content (AvgIpc) is 3.26. The standard InChI is InChI=1S/C18H23ClN4O/c1-14(15-3-5-16(19)6-4-15)23(17-7-8-17)18(24)21-9-2-11-22-12-10-20-13-22/h3-6,10,12-14,17H,2,7-9,11H2,1H3,(H,21,24). The minimum absolute atomic E-state index is 0.0191. The molecule has 0 bridgehead atoms. The Labute approximate surface area is 147 Å². The van der Waals surface area contributed by atoms with Gasteiger partial charge < -0.3 is 14.8 Å². The van der Waals surface area contributed by atoms with Gasteiger partial charge in [0.15, 0.2) is 0 Å².